The van der Waals surface area contributed by atoms with E-state index in [1.807, 2.05) is 7.05 Å². The van der Waals surface area contributed by atoms with E-state index in [-0.39, 0.29) is 6.04 Å². The molecule has 1 unspecified atom stereocenters. The van der Waals surface area contributed by atoms with Crippen molar-refractivity contribution in [3.05, 3.63) is 0 Å². The maximum atomic E-state index is 12.4. The summed E-state index contributed by atoms with van der Waals surface area (Å²) in [7, 11) is -1.28. The number of likely N-dealkylation sites (tertiary alicyclic amines) is 1. The molecule has 7 heteroatoms. The van der Waals surface area contributed by atoms with E-state index in [1.165, 1.54) is 0 Å². The van der Waals surface area contributed by atoms with Crippen LogP contribution in [0.25, 0.3) is 0 Å². The Balaban J connectivity index is 1.77. The minimum atomic E-state index is -3.31. The molecule has 0 aromatic rings. The summed E-state index contributed by atoms with van der Waals surface area (Å²) in [6.45, 7) is 8.34. The molecule has 2 saturated heterocycles. The molecule has 2 N–H and O–H groups in total. The van der Waals surface area contributed by atoms with E-state index < -0.39 is 10.2 Å². The lowest BCUT2D eigenvalue weighted by molar-refractivity contribution is 0.260. The first kappa shape index (κ1) is 17.1. The predicted octanol–water partition coefficient (Wildman–Crippen LogP) is 0.235. The SMILES string of the molecule is CC(C)NCC1CCN(S(=O)(=O)NC2CCN(C)C2)CC1. The Labute approximate surface area is 129 Å². The average molecular weight is 318 g/mol. The molecule has 0 saturated carbocycles. The van der Waals surface area contributed by atoms with Gasteiger partial charge in [0, 0.05) is 31.7 Å². The number of nitrogens with zero attached hydrogens (tertiary/aromatic N) is 2. The molecule has 0 spiro atoms. The topological polar surface area (TPSA) is 64.7 Å². The van der Waals surface area contributed by atoms with E-state index in [1.54, 1.807) is 4.31 Å². The molecular weight excluding hydrogens is 288 g/mol. The van der Waals surface area contributed by atoms with Crippen molar-refractivity contribution in [3.8, 4) is 0 Å². The minimum absolute atomic E-state index is 0.0698. The summed E-state index contributed by atoms with van der Waals surface area (Å²) >= 11 is 0. The van der Waals surface area contributed by atoms with Gasteiger partial charge in [-0.05, 0) is 45.3 Å². The van der Waals surface area contributed by atoms with Crippen LogP contribution < -0.4 is 10.0 Å². The van der Waals surface area contributed by atoms with E-state index in [2.05, 4.69) is 28.8 Å². The summed E-state index contributed by atoms with van der Waals surface area (Å²) < 4.78 is 29.3. The molecule has 0 radical (unpaired) electrons. The fraction of sp³-hybridized carbons (Fsp3) is 1.00. The zero-order valence-electron chi connectivity index (χ0n) is 13.5. The molecule has 2 aliphatic rings. The predicted molar refractivity (Wildman–Crippen MR) is 85.4 cm³/mol. The van der Waals surface area contributed by atoms with Crippen molar-refractivity contribution in [2.24, 2.45) is 5.92 Å². The lowest BCUT2D eigenvalue weighted by atomic mass is 9.98. The molecule has 0 aromatic heterocycles. The summed E-state index contributed by atoms with van der Waals surface area (Å²) in [5, 5.41) is 3.44. The largest absolute Gasteiger partial charge is 0.314 e. The summed E-state index contributed by atoms with van der Waals surface area (Å²) in [6, 6.07) is 0.563. The Bertz CT molecular complexity index is 419. The van der Waals surface area contributed by atoms with E-state index >= 15 is 0 Å². The number of hydrogen-bond donors (Lipinski definition) is 2. The molecule has 6 nitrogen and oxygen atoms in total. The van der Waals surface area contributed by atoms with Crippen molar-refractivity contribution in [1.82, 2.24) is 19.2 Å². The molecule has 0 aromatic carbocycles. The van der Waals surface area contributed by atoms with Gasteiger partial charge in [-0.1, -0.05) is 13.8 Å². The first-order valence-electron chi connectivity index (χ1n) is 8.06. The molecule has 0 bridgehead atoms. The molecule has 2 heterocycles. The van der Waals surface area contributed by atoms with Crippen LogP contribution in [0, 0.1) is 5.92 Å². The van der Waals surface area contributed by atoms with Gasteiger partial charge in [-0.3, -0.25) is 0 Å². The third kappa shape index (κ3) is 5.17. The van der Waals surface area contributed by atoms with Crippen molar-refractivity contribution in [2.45, 2.75) is 45.2 Å². The first-order valence-corrected chi connectivity index (χ1v) is 9.50. The molecule has 124 valence electrons. The Kier molecular flexibility index (Phi) is 6.02. The summed E-state index contributed by atoms with van der Waals surface area (Å²) in [6.07, 6.45) is 2.81. The van der Waals surface area contributed by atoms with Gasteiger partial charge in [-0.15, -0.1) is 0 Å². The van der Waals surface area contributed by atoms with Gasteiger partial charge in [0.05, 0.1) is 0 Å². The van der Waals surface area contributed by atoms with Gasteiger partial charge in [0.2, 0.25) is 0 Å². The first-order chi connectivity index (χ1) is 9.87. The number of piperidine rings is 1. The molecule has 0 amide bonds. The zero-order valence-corrected chi connectivity index (χ0v) is 14.3. The van der Waals surface area contributed by atoms with Crippen molar-refractivity contribution in [1.29, 1.82) is 0 Å². The van der Waals surface area contributed by atoms with Crippen molar-refractivity contribution in [3.63, 3.8) is 0 Å². The van der Waals surface area contributed by atoms with Gasteiger partial charge < -0.3 is 10.2 Å². The fourth-order valence-corrected chi connectivity index (χ4v) is 4.53. The highest BCUT2D eigenvalue weighted by atomic mass is 32.2. The highest BCUT2D eigenvalue weighted by Crippen LogP contribution is 2.19. The average Bonchev–Trinajstić information content (AvgIpc) is 2.81. The number of likely N-dealkylation sites (N-methyl/N-ethyl adjacent to an activating group) is 1. The van der Waals surface area contributed by atoms with E-state index in [0.717, 1.165) is 38.9 Å². The van der Waals surface area contributed by atoms with E-state index in [0.29, 0.717) is 25.0 Å². The van der Waals surface area contributed by atoms with Gasteiger partial charge in [-0.2, -0.15) is 17.4 Å². The second-order valence-electron chi connectivity index (χ2n) is 6.78. The minimum Gasteiger partial charge on any atom is -0.314 e. The Morgan fingerprint density at radius 2 is 1.81 bits per heavy atom. The monoisotopic (exact) mass is 318 g/mol. The van der Waals surface area contributed by atoms with Crippen LogP contribution in [0.1, 0.15) is 33.1 Å². The molecule has 2 aliphatic heterocycles. The van der Waals surface area contributed by atoms with Crippen molar-refractivity contribution in [2.75, 3.05) is 39.8 Å². The quantitative estimate of drug-likeness (QED) is 0.736. The smallest absolute Gasteiger partial charge is 0.279 e. The van der Waals surface area contributed by atoms with Crippen LogP contribution in [-0.2, 0) is 10.2 Å². The Hall–Kier alpha value is -0.210. The van der Waals surface area contributed by atoms with Crippen LogP contribution in [0.2, 0.25) is 0 Å². The van der Waals surface area contributed by atoms with Gasteiger partial charge in [0.15, 0.2) is 0 Å². The summed E-state index contributed by atoms with van der Waals surface area (Å²) in [5.74, 6) is 0.594. The fourth-order valence-electron chi connectivity index (χ4n) is 3.07. The van der Waals surface area contributed by atoms with E-state index in [4.69, 9.17) is 0 Å². The van der Waals surface area contributed by atoms with Crippen LogP contribution >= 0.6 is 0 Å². The molecule has 21 heavy (non-hydrogen) atoms. The molecule has 2 fully saturated rings. The highest BCUT2D eigenvalue weighted by Gasteiger charge is 2.31. The third-order valence-corrected chi connectivity index (χ3v) is 6.11. The molecule has 2 rings (SSSR count). The maximum absolute atomic E-state index is 12.4. The highest BCUT2D eigenvalue weighted by molar-refractivity contribution is 7.87. The number of rotatable bonds is 6. The Morgan fingerprint density at radius 1 is 1.14 bits per heavy atom. The Morgan fingerprint density at radius 3 is 2.33 bits per heavy atom. The summed E-state index contributed by atoms with van der Waals surface area (Å²) in [5.41, 5.74) is 0. The van der Waals surface area contributed by atoms with Crippen LogP contribution in [0.3, 0.4) is 0 Å². The number of hydrogen-bond acceptors (Lipinski definition) is 4. The standard InChI is InChI=1S/C14H30N4O2S/c1-12(2)15-10-13-4-8-18(9-5-13)21(19,20)16-14-6-7-17(3)11-14/h12-16H,4-11H2,1-3H3. The second kappa shape index (κ2) is 7.37. The van der Waals surface area contributed by atoms with E-state index in [9.17, 15) is 8.42 Å². The molecular formula is C14H30N4O2S. The molecule has 1 atom stereocenters. The van der Waals surface area contributed by atoms with Crippen molar-refractivity contribution >= 4 is 10.2 Å². The number of nitrogens with one attached hydrogen (secondary N) is 2. The van der Waals surface area contributed by atoms with Gasteiger partial charge in [0.25, 0.3) is 10.2 Å². The normalized spacial score (nSPS) is 26.8. The maximum Gasteiger partial charge on any atom is 0.279 e. The van der Waals surface area contributed by atoms with Crippen LogP contribution in [0.15, 0.2) is 0 Å². The van der Waals surface area contributed by atoms with Crippen LogP contribution in [0.5, 0.6) is 0 Å². The third-order valence-electron chi connectivity index (χ3n) is 4.44. The van der Waals surface area contributed by atoms with Crippen molar-refractivity contribution < 1.29 is 8.42 Å². The van der Waals surface area contributed by atoms with Gasteiger partial charge in [-0.25, -0.2) is 0 Å². The lowest BCUT2D eigenvalue weighted by Gasteiger charge is -2.32. The van der Waals surface area contributed by atoms with Crippen LogP contribution in [0.4, 0.5) is 0 Å². The van der Waals surface area contributed by atoms with Gasteiger partial charge in [0.1, 0.15) is 0 Å². The lowest BCUT2D eigenvalue weighted by Crippen LogP contribution is -2.49. The molecule has 0 aliphatic carbocycles. The van der Waals surface area contributed by atoms with Crippen LogP contribution in [-0.4, -0.2) is 69.5 Å². The second-order valence-corrected chi connectivity index (χ2v) is 8.48. The zero-order chi connectivity index (χ0) is 15.5. The van der Waals surface area contributed by atoms with Gasteiger partial charge >= 0.3 is 0 Å². The summed E-state index contributed by atoms with van der Waals surface area (Å²) in [4.78, 5) is 2.16.